The van der Waals surface area contributed by atoms with Gasteiger partial charge in [-0.2, -0.15) is 5.10 Å². The highest BCUT2D eigenvalue weighted by atomic mass is 16.2. The van der Waals surface area contributed by atoms with Crippen molar-refractivity contribution in [2.45, 2.75) is 67.0 Å². The van der Waals surface area contributed by atoms with Gasteiger partial charge in [0.2, 0.25) is 5.91 Å². The van der Waals surface area contributed by atoms with E-state index in [1.165, 1.54) is 22.4 Å². The predicted octanol–water partition coefficient (Wildman–Crippen LogP) is 4.38. The minimum absolute atomic E-state index is 0.178. The average molecular weight is 395 g/mol. The smallest absolute Gasteiger partial charge is 0.228 e. The summed E-state index contributed by atoms with van der Waals surface area (Å²) in [5.74, 6) is 0.385. The number of rotatable bonds is 5. The molecular formula is C24H34N4O. The number of anilines is 1. The van der Waals surface area contributed by atoms with E-state index in [1.807, 2.05) is 0 Å². The van der Waals surface area contributed by atoms with Crippen molar-refractivity contribution in [1.82, 2.24) is 14.7 Å². The van der Waals surface area contributed by atoms with E-state index in [1.54, 1.807) is 0 Å². The number of aromatic nitrogens is 2. The van der Waals surface area contributed by atoms with Crippen LogP contribution in [0.5, 0.6) is 0 Å². The van der Waals surface area contributed by atoms with Crippen molar-refractivity contribution in [2.24, 2.45) is 11.3 Å². The Kier molecular flexibility index (Phi) is 5.28. The number of likely N-dealkylation sites (tertiary alicyclic amines) is 1. The third-order valence-corrected chi connectivity index (χ3v) is 7.06. The first kappa shape index (κ1) is 20.1. The van der Waals surface area contributed by atoms with Gasteiger partial charge in [-0.05, 0) is 95.6 Å². The lowest BCUT2D eigenvalue weighted by Crippen LogP contribution is -2.36. The van der Waals surface area contributed by atoms with Gasteiger partial charge in [0.1, 0.15) is 0 Å². The fraction of sp³-hybridized carbons (Fsp3) is 0.583. The van der Waals surface area contributed by atoms with E-state index in [0.29, 0.717) is 0 Å². The second-order valence-corrected chi connectivity index (χ2v) is 9.23. The summed E-state index contributed by atoms with van der Waals surface area (Å²) in [5, 5.41) is 7.83. The van der Waals surface area contributed by atoms with Gasteiger partial charge in [-0.15, -0.1) is 0 Å². The Morgan fingerprint density at radius 1 is 1.14 bits per heavy atom. The molecular weight excluding hydrogens is 360 g/mol. The van der Waals surface area contributed by atoms with Gasteiger partial charge in [0.05, 0.1) is 5.69 Å². The first-order chi connectivity index (χ1) is 13.8. The molecule has 1 aliphatic heterocycles. The van der Waals surface area contributed by atoms with Crippen LogP contribution in [0.4, 0.5) is 5.69 Å². The van der Waals surface area contributed by atoms with E-state index in [4.69, 9.17) is 0 Å². The molecule has 156 valence electrons. The first-order valence-corrected chi connectivity index (χ1v) is 11.0. The van der Waals surface area contributed by atoms with Gasteiger partial charge in [-0.3, -0.25) is 14.4 Å². The van der Waals surface area contributed by atoms with Crippen molar-refractivity contribution in [2.75, 3.05) is 18.4 Å². The molecule has 1 saturated carbocycles. The number of benzene rings is 1. The third kappa shape index (κ3) is 3.97. The van der Waals surface area contributed by atoms with Gasteiger partial charge in [-0.1, -0.05) is 6.07 Å². The maximum absolute atomic E-state index is 12.8. The molecule has 1 amide bonds. The molecule has 1 spiro atoms. The molecule has 1 aromatic heterocycles. The molecule has 2 heterocycles. The zero-order valence-electron chi connectivity index (χ0n) is 18.5. The normalized spacial score (nSPS) is 20.8. The van der Waals surface area contributed by atoms with Crippen LogP contribution in [0.3, 0.4) is 0 Å². The molecule has 2 aromatic rings. The van der Waals surface area contributed by atoms with Gasteiger partial charge in [0.15, 0.2) is 0 Å². The van der Waals surface area contributed by atoms with Crippen molar-refractivity contribution in [1.29, 1.82) is 0 Å². The highest BCUT2D eigenvalue weighted by Crippen LogP contribution is 2.59. The van der Waals surface area contributed by atoms with E-state index in [9.17, 15) is 4.79 Å². The number of carbonyl (C=O) groups is 1. The van der Waals surface area contributed by atoms with Crippen molar-refractivity contribution in [3.8, 4) is 0 Å². The van der Waals surface area contributed by atoms with Crippen LogP contribution in [-0.4, -0.2) is 33.7 Å². The number of aryl methyl sites for hydroxylation is 4. The molecule has 5 heteroatoms. The topological polar surface area (TPSA) is 50.2 Å². The molecule has 2 aliphatic rings. The minimum Gasteiger partial charge on any atom is -0.326 e. The molecule has 1 atom stereocenters. The SMILES string of the molecule is CCn1nc(C)c(CN2CCC3(CC2)CC3C(=O)Nc2cc(C)cc(C)c2)c1C. The van der Waals surface area contributed by atoms with Gasteiger partial charge < -0.3 is 5.32 Å². The Hall–Kier alpha value is -2.14. The summed E-state index contributed by atoms with van der Waals surface area (Å²) in [6.07, 6.45) is 3.29. The number of nitrogens with one attached hydrogen (secondary N) is 1. The first-order valence-electron chi connectivity index (χ1n) is 11.0. The van der Waals surface area contributed by atoms with E-state index in [0.717, 1.165) is 56.8 Å². The molecule has 0 radical (unpaired) electrons. The van der Waals surface area contributed by atoms with Crippen molar-refractivity contribution >= 4 is 11.6 Å². The summed E-state index contributed by atoms with van der Waals surface area (Å²) in [5.41, 5.74) is 7.38. The molecule has 5 nitrogen and oxygen atoms in total. The van der Waals surface area contributed by atoms with Crippen molar-refractivity contribution < 1.29 is 4.79 Å². The molecule has 1 aromatic carbocycles. The quantitative estimate of drug-likeness (QED) is 0.819. The predicted molar refractivity (Wildman–Crippen MR) is 117 cm³/mol. The Bertz CT molecular complexity index is 901. The summed E-state index contributed by atoms with van der Waals surface area (Å²) >= 11 is 0. The minimum atomic E-state index is 0.178. The Labute approximate surface area is 174 Å². The van der Waals surface area contributed by atoms with Gasteiger partial charge in [-0.25, -0.2) is 0 Å². The van der Waals surface area contributed by atoms with Crippen LogP contribution in [0.15, 0.2) is 18.2 Å². The van der Waals surface area contributed by atoms with E-state index < -0.39 is 0 Å². The third-order valence-electron chi connectivity index (χ3n) is 7.06. The van der Waals surface area contributed by atoms with Gasteiger partial charge >= 0.3 is 0 Å². The molecule has 1 saturated heterocycles. The Morgan fingerprint density at radius 3 is 2.38 bits per heavy atom. The number of piperidine rings is 1. The Morgan fingerprint density at radius 2 is 1.79 bits per heavy atom. The number of hydrogen-bond acceptors (Lipinski definition) is 3. The molecule has 1 N–H and O–H groups in total. The van der Waals surface area contributed by atoms with Gasteiger partial charge in [0, 0.05) is 36.0 Å². The summed E-state index contributed by atoms with van der Waals surface area (Å²) < 4.78 is 2.10. The Balaban J connectivity index is 1.33. The van der Waals surface area contributed by atoms with Crippen molar-refractivity contribution in [3.05, 3.63) is 46.3 Å². The zero-order valence-corrected chi connectivity index (χ0v) is 18.5. The average Bonchev–Trinajstić information content (AvgIpc) is 3.30. The van der Waals surface area contributed by atoms with Crippen molar-refractivity contribution in [3.63, 3.8) is 0 Å². The molecule has 4 rings (SSSR count). The van der Waals surface area contributed by atoms with E-state index in [2.05, 4.69) is 72.8 Å². The monoisotopic (exact) mass is 394 g/mol. The van der Waals surface area contributed by atoms with Crippen LogP contribution in [0.25, 0.3) is 0 Å². The van der Waals surface area contributed by atoms with Gasteiger partial charge in [0.25, 0.3) is 0 Å². The summed E-state index contributed by atoms with van der Waals surface area (Å²) in [6.45, 7) is 14.6. The lowest BCUT2D eigenvalue weighted by molar-refractivity contribution is -0.118. The molecule has 1 aliphatic carbocycles. The van der Waals surface area contributed by atoms with E-state index in [-0.39, 0.29) is 17.2 Å². The standard InChI is InChI=1S/C24H34N4O/c1-6-28-19(5)21(18(4)26-28)15-27-9-7-24(8-10-27)14-22(24)23(29)25-20-12-16(2)11-17(3)13-20/h11-13,22H,6-10,14-15H2,1-5H3,(H,25,29). The fourth-order valence-corrected chi connectivity index (χ4v) is 5.20. The number of hydrogen-bond donors (Lipinski definition) is 1. The molecule has 2 fully saturated rings. The van der Waals surface area contributed by atoms with Crippen LogP contribution in [0.2, 0.25) is 0 Å². The lowest BCUT2D eigenvalue weighted by atomic mass is 9.90. The van der Waals surface area contributed by atoms with E-state index >= 15 is 0 Å². The maximum Gasteiger partial charge on any atom is 0.228 e. The second-order valence-electron chi connectivity index (χ2n) is 9.23. The number of carbonyl (C=O) groups excluding carboxylic acids is 1. The number of amides is 1. The van der Waals surface area contributed by atoms with Crippen LogP contribution in [-0.2, 0) is 17.9 Å². The largest absolute Gasteiger partial charge is 0.326 e. The molecule has 0 bridgehead atoms. The fourth-order valence-electron chi connectivity index (χ4n) is 5.20. The van der Waals surface area contributed by atoms with Crippen LogP contribution < -0.4 is 5.32 Å². The molecule has 29 heavy (non-hydrogen) atoms. The maximum atomic E-state index is 12.8. The second kappa shape index (κ2) is 7.60. The highest BCUT2D eigenvalue weighted by molar-refractivity contribution is 5.95. The molecule has 1 unspecified atom stereocenters. The highest BCUT2D eigenvalue weighted by Gasteiger charge is 2.58. The summed E-state index contributed by atoms with van der Waals surface area (Å²) in [7, 11) is 0. The summed E-state index contributed by atoms with van der Waals surface area (Å²) in [6, 6.07) is 6.25. The number of nitrogens with zero attached hydrogens (tertiary/aromatic N) is 3. The van der Waals surface area contributed by atoms with Crippen LogP contribution in [0, 0.1) is 39.0 Å². The van der Waals surface area contributed by atoms with Crippen LogP contribution in [0.1, 0.15) is 54.3 Å². The van der Waals surface area contributed by atoms with Crippen LogP contribution >= 0.6 is 0 Å². The lowest BCUT2D eigenvalue weighted by Gasteiger charge is -2.33. The zero-order chi connectivity index (χ0) is 20.8. The summed E-state index contributed by atoms with van der Waals surface area (Å²) in [4.78, 5) is 15.4.